The monoisotopic (exact) mass is 250 g/mol. The van der Waals surface area contributed by atoms with Crippen molar-refractivity contribution in [3.63, 3.8) is 0 Å². The number of hydrogen-bond donors (Lipinski definition) is 0. The Morgan fingerprint density at radius 3 is 2.87 bits per heavy atom. The molecular formula is C8H11ClN2O3S. The summed E-state index contributed by atoms with van der Waals surface area (Å²) < 4.78 is 29.0. The normalized spacial score (nSPS) is 22.9. The lowest BCUT2D eigenvalue weighted by Crippen LogP contribution is -2.18. The van der Waals surface area contributed by atoms with Crippen LogP contribution in [0.15, 0.2) is 17.3 Å². The predicted molar refractivity (Wildman–Crippen MR) is 54.1 cm³/mol. The van der Waals surface area contributed by atoms with E-state index >= 15 is 0 Å². The fourth-order valence-electron chi connectivity index (χ4n) is 1.54. The van der Waals surface area contributed by atoms with Gasteiger partial charge in [-0.15, -0.1) is 0 Å². The zero-order chi connectivity index (χ0) is 10.9. The van der Waals surface area contributed by atoms with Crippen LogP contribution in [-0.4, -0.2) is 24.8 Å². The Labute approximate surface area is 92.4 Å². The topological polar surface area (TPSA) is 61.2 Å². The first-order valence-electron chi connectivity index (χ1n) is 4.68. The van der Waals surface area contributed by atoms with Gasteiger partial charge >= 0.3 is 0 Å². The molecule has 1 fully saturated rings. The van der Waals surface area contributed by atoms with E-state index in [1.807, 2.05) is 0 Å². The third-order valence-electron chi connectivity index (χ3n) is 2.31. The lowest BCUT2D eigenvalue weighted by molar-refractivity contribution is -0.0396. The Balaban J connectivity index is 2.19. The molecule has 5 nitrogen and oxygen atoms in total. The minimum Gasteiger partial charge on any atom is -0.357 e. The van der Waals surface area contributed by atoms with Crippen LogP contribution in [0.25, 0.3) is 0 Å². The fourth-order valence-corrected chi connectivity index (χ4v) is 2.18. The van der Waals surface area contributed by atoms with Gasteiger partial charge in [0, 0.05) is 23.5 Å². The molecular weight excluding hydrogens is 240 g/mol. The zero-order valence-corrected chi connectivity index (χ0v) is 9.54. The molecule has 1 aliphatic heterocycles. The van der Waals surface area contributed by atoms with E-state index in [0.717, 1.165) is 19.3 Å². The van der Waals surface area contributed by atoms with Crippen molar-refractivity contribution in [2.75, 3.05) is 6.61 Å². The summed E-state index contributed by atoms with van der Waals surface area (Å²) in [7, 11) is 1.50. The van der Waals surface area contributed by atoms with Crippen molar-refractivity contribution in [3.8, 4) is 0 Å². The van der Waals surface area contributed by atoms with E-state index in [4.69, 9.17) is 15.4 Å². The summed E-state index contributed by atoms with van der Waals surface area (Å²) >= 11 is 0. The molecule has 2 rings (SSSR count). The Hall–Kier alpha value is -0.590. The molecule has 1 aromatic rings. The first-order chi connectivity index (χ1) is 7.07. The van der Waals surface area contributed by atoms with Crippen LogP contribution in [0.3, 0.4) is 0 Å². The van der Waals surface area contributed by atoms with E-state index in [0.29, 0.717) is 6.61 Å². The third-order valence-corrected chi connectivity index (χ3v) is 3.62. The van der Waals surface area contributed by atoms with Gasteiger partial charge in [-0.25, -0.2) is 13.1 Å². The van der Waals surface area contributed by atoms with Gasteiger partial charge in [-0.2, -0.15) is 5.10 Å². The summed E-state index contributed by atoms with van der Waals surface area (Å²) in [5.41, 5.74) is 0. The molecule has 84 valence electrons. The van der Waals surface area contributed by atoms with E-state index in [1.165, 1.54) is 17.1 Å². The molecule has 0 amide bonds. The smallest absolute Gasteiger partial charge is 0.264 e. The van der Waals surface area contributed by atoms with Gasteiger partial charge in [0.15, 0.2) is 0 Å². The lowest BCUT2D eigenvalue weighted by Gasteiger charge is -2.22. The Kier molecular flexibility index (Phi) is 2.99. The molecule has 1 saturated heterocycles. The second kappa shape index (κ2) is 4.11. The van der Waals surface area contributed by atoms with E-state index < -0.39 is 9.05 Å². The molecule has 0 aliphatic carbocycles. The van der Waals surface area contributed by atoms with Crippen LogP contribution in [-0.2, 0) is 13.8 Å². The highest BCUT2D eigenvalue weighted by Gasteiger charge is 2.19. The Morgan fingerprint density at radius 2 is 2.33 bits per heavy atom. The number of nitrogens with zero attached hydrogens (tertiary/aromatic N) is 2. The Bertz CT molecular complexity index is 436. The minimum absolute atomic E-state index is 0.0124. The quantitative estimate of drug-likeness (QED) is 0.747. The standard InChI is InChI=1S/C8H11ClN2O3S/c9-15(12,13)7-5-10-11(6-7)8-3-1-2-4-14-8/h5-6,8H,1-4H2. The summed E-state index contributed by atoms with van der Waals surface area (Å²) in [6.45, 7) is 0.688. The zero-order valence-electron chi connectivity index (χ0n) is 7.97. The summed E-state index contributed by atoms with van der Waals surface area (Å²) in [4.78, 5) is 0.0124. The van der Waals surface area contributed by atoms with Crippen molar-refractivity contribution in [3.05, 3.63) is 12.4 Å². The van der Waals surface area contributed by atoms with Gasteiger partial charge < -0.3 is 4.74 Å². The lowest BCUT2D eigenvalue weighted by atomic mass is 10.2. The van der Waals surface area contributed by atoms with Crippen LogP contribution >= 0.6 is 10.7 Å². The fraction of sp³-hybridized carbons (Fsp3) is 0.625. The van der Waals surface area contributed by atoms with E-state index in [-0.39, 0.29) is 11.1 Å². The van der Waals surface area contributed by atoms with Crippen LogP contribution in [0, 0.1) is 0 Å². The molecule has 1 unspecified atom stereocenters. The maximum absolute atomic E-state index is 11.0. The van der Waals surface area contributed by atoms with Crippen molar-refractivity contribution in [2.24, 2.45) is 0 Å². The highest BCUT2D eigenvalue weighted by atomic mass is 35.7. The van der Waals surface area contributed by atoms with Gasteiger partial charge in [0.2, 0.25) is 0 Å². The summed E-state index contributed by atoms with van der Waals surface area (Å²) in [5.74, 6) is 0. The Morgan fingerprint density at radius 1 is 1.53 bits per heavy atom. The molecule has 0 aromatic carbocycles. The summed E-state index contributed by atoms with van der Waals surface area (Å²) in [6.07, 6.45) is 5.43. The van der Waals surface area contributed by atoms with Crippen LogP contribution in [0.1, 0.15) is 25.5 Å². The number of aromatic nitrogens is 2. The highest BCUT2D eigenvalue weighted by Crippen LogP contribution is 2.23. The van der Waals surface area contributed by atoms with Crippen molar-refractivity contribution >= 4 is 19.7 Å². The molecule has 15 heavy (non-hydrogen) atoms. The number of halogens is 1. The molecule has 2 heterocycles. The largest absolute Gasteiger partial charge is 0.357 e. The number of hydrogen-bond acceptors (Lipinski definition) is 4. The second-order valence-electron chi connectivity index (χ2n) is 3.42. The summed E-state index contributed by atoms with van der Waals surface area (Å²) in [5, 5.41) is 3.93. The maximum Gasteiger partial charge on any atom is 0.264 e. The van der Waals surface area contributed by atoms with Crippen molar-refractivity contribution < 1.29 is 13.2 Å². The van der Waals surface area contributed by atoms with Crippen LogP contribution < -0.4 is 0 Å². The van der Waals surface area contributed by atoms with Crippen LogP contribution in [0.4, 0.5) is 0 Å². The van der Waals surface area contributed by atoms with Gasteiger partial charge in [-0.3, -0.25) is 0 Å². The molecule has 1 aromatic heterocycles. The molecule has 1 aliphatic rings. The molecule has 0 bridgehead atoms. The highest BCUT2D eigenvalue weighted by molar-refractivity contribution is 8.13. The third kappa shape index (κ3) is 2.50. The van der Waals surface area contributed by atoms with Crippen molar-refractivity contribution in [1.29, 1.82) is 0 Å². The van der Waals surface area contributed by atoms with Gasteiger partial charge in [0.1, 0.15) is 11.1 Å². The molecule has 0 saturated carbocycles. The minimum atomic E-state index is -3.69. The van der Waals surface area contributed by atoms with Crippen molar-refractivity contribution in [1.82, 2.24) is 9.78 Å². The first-order valence-corrected chi connectivity index (χ1v) is 6.99. The van der Waals surface area contributed by atoms with Gasteiger partial charge in [0.25, 0.3) is 9.05 Å². The molecule has 1 atom stereocenters. The van der Waals surface area contributed by atoms with E-state index in [1.54, 1.807) is 0 Å². The average molecular weight is 251 g/mol. The first kappa shape index (κ1) is 10.9. The van der Waals surface area contributed by atoms with Gasteiger partial charge in [-0.1, -0.05) is 0 Å². The number of ether oxygens (including phenoxy) is 1. The number of rotatable bonds is 2. The second-order valence-corrected chi connectivity index (χ2v) is 5.98. The van der Waals surface area contributed by atoms with Crippen molar-refractivity contribution in [2.45, 2.75) is 30.4 Å². The predicted octanol–water partition coefficient (Wildman–Crippen LogP) is 1.51. The van der Waals surface area contributed by atoms with E-state index in [9.17, 15) is 8.42 Å². The average Bonchev–Trinajstić information content (AvgIpc) is 2.67. The van der Waals surface area contributed by atoms with Gasteiger partial charge in [-0.05, 0) is 19.3 Å². The SMILES string of the molecule is O=S(=O)(Cl)c1cnn(C2CCCCO2)c1. The van der Waals surface area contributed by atoms with Crippen LogP contribution in [0.2, 0.25) is 0 Å². The molecule has 0 spiro atoms. The molecule has 0 radical (unpaired) electrons. The molecule has 0 N–H and O–H groups in total. The van der Waals surface area contributed by atoms with Gasteiger partial charge in [0.05, 0.1) is 6.20 Å². The van der Waals surface area contributed by atoms with Crippen LogP contribution in [0.5, 0.6) is 0 Å². The summed E-state index contributed by atoms with van der Waals surface area (Å²) in [6, 6.07) is 0. The maximum atomic E-state index is 11.0. The van der Waals surface area contributed by atoms with E-state index in [2.05, 4.69) is 5.10 Å². The molecule has 7 heteroatoms.